The van der Waals surface area contributed by atoms with Gasteiger partial charge in [-0.15, -0.1) is 0 Å². The first kappa shape index (κ1) is 13.3. The van der Waals surface area contributed by atoms with E-state index >= 15 is 0 Å². The van der Waals surface area contributed by atoms with Crippen LogP contribution in [-0.2, 0) is 9.59 Å². The highest BCUT2D eigenvalue weighted by atomic mass is 16.2. The van der Waals surface area contributed by atoms with E-state index in [1.54, 1.807) is 0 Å². The zero-order valence-electron chi connectivity index (χ0n) is 10.8. The molecular weight excluding hydrogens is 230 g/mol. The van der Waals surface area contributed by atoms with Crippen molar-refractivity contribution in [3.05, 3.63) is 0 Å². The lowest BCUT2D eigenvalue weighted by Gasteiger charge is -2.35. The van der Waals surface area contributed by atoms with E-state index in [1.165, 1.54) is 0 Å². The van der Waals surface area contributed by atoms with Crippen LogP contribution in [0.25, 0.3) is 0 Å². The van der Waals surface area contributed by atoms with Gasteiger partial charge in [-0.2, -0.15) is 0 Å². The maximum atomic E-state index is 12.4. The number of primary amides is 1. The number of carbonyl (C=O) groups excluding carboxylic acids is 2. The van der Waals surface area contributed by atoms with E-state index in [2.05, 4.69) is 0 Å². The normalized spacial score (nSPS) is 33.2. The zero-order valence-corrected chi connectivity index (χ0v) is 10.8. The average Bonchev–Trinajstić information content (AvgIpc) is 2.39. The Hall–Kier alpha value is -1.10. The summed E-state index contributed by atoms with van der Waals surface area (Å²) in [6, 6.07) is 0.258. The number of nitrogens with two attached hydrogens (primary N) is 2. The molecule has 1 unspecified atom stereocenters. The Balaban J connectivity index is 1.90. The molecule has 102 valence electrons. The summed E-state index contributed by atoms with van der Waals surface area (Å²) < 4.78 is 0. The zero-order chi connectivity index (χ0) is 13.1. The van der Waals surface area contributed by atoms with Crippen molar-refractivity contribution >= 4 is 11.8 Å². The number of rotatable bonds is 2. The van der Waals surface area contributed by atoms with E-state index in [9.17, 15) is 9.59 Å². The molecule has 1 saturated carbocycles. The van der Waals surface area contributed by atoms with Crippen LogP contribution in [0, 0.1) is 11.8 Å². The minimum atomic E-state index is -0.279. The highest BCUT2D eigenvalue weighted by Gasteiger charge is 2.32. The predicted octanol–water partition coefficient (Wildman–Crippen LogP) is 0.228. The van der Waals surface area contributed by atoms with Crippen LogP contribution in [0.3, 0.4) is 0 Å². The van der Waals surface area contributed by atoms with Crippen molar-refractivity contribution in [1.82, 2.24) is 4.90 Å². The molecular formula is C13H23N3O2. The lowest BCUT2D eigenvalue weighted by molar-refractivity contribution is -0.139. The van der Waals surface area contributed by atoms with Crippen LogP contribution in [0.4, 0.5) is 0 Å². The first-order valence-electron chi connectivity index (χ1n) is 6.91. The van der Waals surface area contributed by atoms with E-state index in [4.69, 9.17) is 11.5 Å². The lowest BCUT2D eigenvalue weighted by Crippen LogP contribution is -2.47. The molecule has 0 spiro atoms. The first-order valence-corrected chi connectivity index (χ1v) is 6.91. The minimum Gasteiger partial charge on any atom is -0.369 e. The fourth-order valence-corrected chi connectivity index (χ4v) is 3.03. The molecule has 2 amide bonds. The molecule has 5 nitrogen and oxygen atoms in total. The molecule has 1 atom stereocenters. The van der Waals surface area contributed by atoms with Crippen molar-refractivity contribution in [2.24, 2.45) is 23.3 Å². The SMILES string of the molecule is NC(=O)C1CCCN(C(=O)C2CCC(N)CC2)C1. The summed E-state index contributed by atoms with van der Waals surface area (Å²) in [7, 11) is 0. The number of hydrogen-bond acceptors (Lipinski definition) is 3. The van der Waals surface area contributed by atoms with Crippen LogP contribution < -0.4 is 11.5 Å². The number of piperidine rings is 1. The van der Waals surface area contributed by atoms with Crippen LogP contribution in [-0.4, -0.2) is 35.8 Å². The lowest BCUT2D eigenvalue weighted by atomic mass is 9.85. The van der Waals surface area contributed by atoms with E-state index in [-0.39, 0.29) is 29.7 Å². The van der Waals surface area contributed by atoms with Gasteiger partial charge in [0.1, 0.15) is 0 Å². The van der Waals surface area contributed by atoms with Crippen molar-refractivity contribution in [3.63, 3.8) is 0 Å². The second-order valence-electron chi connectivity index (χ2n) is 5.64. The standard InChI is InChI=1S/C13H23N3O2/c14-11-5-3-9(4-6-11)13(18)16-7-1-2-10(8-16)12(15)17/h9-11H,1-8,14H2,(H2,15,17). The summed E-state index contributed by atoms with van der Waals surface area (Å²) in [6.07, 6.45) is 5.34. The Labute approximate surface area is 108 Å². The van der Waals surface area contributed by atoms with E-state index in [1.807, 2.05) is 4.90 Å². The molecule has 4 N–H and O–H groups in total. The third-order valence-corrected chi connectivity index (χ3v) is 4.26. The summed E-state index contributed by atoms with van der Waals surface area (Å²) >= 11 is 0. The van der Waals surface area contributed by atoms with Gasteiger partial charge in [0.05, 0.1) is 5.92 Å². The van der Waals surface area contributed by atoms with Gasteiger partial charge in [-0.05, 0) is 38.5 Å². The molecule has 0 aromatic heterocycles. The van der Waals surface area contributed by atoms with Gasteiger partial charge in [-0.1, -0.05) is 0 Å². The predicted molar refractivity (Wildman–Crippen MR) is 68.4 cm³/mol. The highest BCUT2D eigenvalue weighted by Crippen LogP contribution is 2.27. The third kappa shape index (κ3) is 3.02. The summed E-state index contributed by atoms with van der Waals surface area (Å²) in [4.78, 5) is 25.4. The van der Waals surface area contributed by atoms with Crippen LogP contribution in [0.5, 0.6) is 0 Å². The molecule has 0 aromatic carbocycles. The van der Waals surface area contributed by atoms with Crippen molar-refractivity contribution in [1.29, 1.82) is 0 Å². The van der Waals surface area contributed by atoms with Crippen LogP contribution in [0.15, 0.2) is 0 Å². The molecule has 2 rings (SSSR count). The van der Waals surface area contributed by atoms with Crippen LogP contribution >= 0.6 is 0 Å². The van der Waals surface area contributed by atoms with Gasteiger partial charge < -0.3 is 16.4 Å². The molecule has 0 aromatic rings. The van der Waals surface area contributed by atoms with Crippen LogP contribution in [0.1, 0.15) is 38.5 Å². The minimum absolute atomic E-state index is 0.108. The maximum Gasteiger partial charge on any atom is 0.225 e. The molecule has 0 radical (unpaired) electrons. The second-order valence-corrected chi connectivity index (χ2v) is 5.64. The van der Waals surface area contributed by atoms with Gasteiger partial charge in [0.25, 0.3) is 0 Å². The summed E-state index contributed by atoms with van der Waals surface area (Å²) in [5, 5.41) is 0. The molecule has 0 bridgehead atoms. The quantitative estimate of drug-likeness (QED) is 0.738. The van der Waals surface area contributed by atoms with E-state index in [0.717, 1.165) is 45.1 Å². The molecule has 5 heteroatoms. The summed E-state index contributed by atoms with van der Waals surface area (Å²) in [5.74, 6) is -0.129. The largest absolute Gasteiger partial charge is 0.369 e. The first-order chi connectivity index (χ1) is 8.58. The van der Waals surface area contributed by atoms with Crippen LogP contribution in [0.2, 0.25) is 0 Å². The molecule has 2 aliphatic rings. The van der Waals surface area contributed by atoms with Crippen molar-refractivity contribution in [3.8, 4) is 0 Å². The van der Waals surface area contributed by atoms with Gasteiger partial charge in [-0.25, -0.2) is 0 Å². The Kier molecular flexibility index (Phi) is 4.22. The topological polar surface area (TPSA) is 89.4 Å². The van der Waals surface area contributed by atoms with Crippen molar-refractivity contribution in [2.75, 3.05) is 13.1 Å². The Morgan fingerprint density at radius 2 is 1.67 bits per heavy atom. The van der Waals surface area contributed by atoms with Gasteiger partial charge in [0.15, 0.2) is 0 Å². The molecule has 2 fully saturated rings. The maximum absolute atomic E-state index is 12.4. The third-order valence-electron chi connectivity index (χ3n) is 4.26. The Morgan fingerprint density at radius 3 is 2.28 bits per heavy atom. The van der Waals surface area contributed by atoms with Crippen molar-refractivity contribution < 1.29 is 9.59 Å². The molecule has 18 heavy (non-hydrogen) atoms. The molecule has 1 aliphatic carbocycles. The fourth-order valence-electron chi connectivity index (χ4n) is 3.03. The monoisotopic (exact) mass is 253 g/mol. The number of hydrogen-bond donors (Lipinski definition) is 2. The van der Waals surface area contributed by atoms with Crippen molar-refractivity contribution in [2.45, 2.75) is 44.6 Å². The number of amides is 2. The molecule has 1 saturated heterocycles. The number of nitrogens with zero attached hydrogens (tertiary/aromatic N) is 1. The van der Waals surface area contributed by atoms with Gasteiger partial charge in [0, 0.05) is 25.0 Å². The molecule has 1 aliphatic heterocycles. The number of carbonyl (C=O) groups is 2. The van der Waals surface area contributed by atoms with Gasteiger partial charge >= 0.3 is 0 Å². The highest BCUT2D eigenvalue weighted by molar-refractivity contribution is 5.81. The van der Waals surface area contributed by atoms with Gasteiger partial charge in [0.2, 0.25) is 11.8 Å². The smallest absolute Gasteiger partial charge is 0.225 e. The van der Waals surface area contributed by atoms with E-state index in [0.29, 0.717) is 6.54 Å². The number of likely N-dealkylation sites (tertiary alicyclic amines) is 1. The summed E-state index contributed by atoms with van der Waals surface area (Å²) in [5.41, 5.74) is 11.2. The summed E-state index contributed by atoms with van der Waals surface area (Å²) in [6.45, 7) is 1.28. The van der Waals surface area contributed by atoms with Gasteiger partial charge in [-0.3, -0.25) is 9.59 Å². The second kappa shape index (κ2) is 5.69. The fraction of sp³-hybridized carbons (Fsp3) is 0.846. The van der Waals surface area contributed by atoms with E-state index < -0.39 is 0 Å². The average molecular weight is 253 g/mol. The Bertz CT molecular complexity index is 324. The molecule has 1 heterocycles. The Morgan fingerprint density at radius 1 is 1.00 bits per heavy atom.